The van der Waals surface area contributed by atoms with E-state index in [0.717, 1.165) is 69.9 Å². The third-order valence-corrected chi connectivity index (χ3v) is 17.0. The average molecular weight is 911 g/mol. The molecular formula is C64H54N4S. The third kappa shape index (κ3) is 6.91. The lowest BCUT2D eigenvalue weighted by Crippen LogP contribution is -2.15. The molecule has 0 saturated heterocycles. The summed E-state index contributed by atoms with van der Waals surface area (Å²) in [7, 11) is 0. The molecule has 0 amide bonds. The highest BCUT2D eigenvalue weighted by molar-refractivity contribution is 7.25. The van der Waals surface area contributed by atoms with Gasteiger partial charge >= 0.3 is 0 Å². The number of benzene rings is 5. The second-order valence-electron chi connectivity index (χ2n) is 19.8. The van der Waals surface area contributed by atoms with Gasteiger partial charge in [0, 0.05) is 88.7 Å². The Bertz CT molecular complexity index is 3780. The van der Waals surface area contributed by atoms with E-state index in [1.165, 1.54) is 115 Å². The molecule has 336 valence electrons. The monoisotopic (exact) mass is 910 g/mol. The van der Waals surface area contributed by atoms with E-state index in [2.05, 4.69) is 185 Å². The van der Waals surface area contributed by atoms with Crippen LogP contribution >= 0.6 is 11.3 Å². The number of hydrogen-bond donors (Lipinski definition) is 0. The SMILES string of the molecule is C1=CCC(n2c3ccccc3c3cc(-c4ccc5sc6ccc(-n7c8c(c9cc(C%10=CCCCC%10C%10=CCCC=N%10)ccc97)CC(C7=CCCC=C7C7=CCCC=N7)C=C8)cc6c5c4)ccc32)C=C1. The predicted molar refractivity (Wildman–Crippen MR) is 295 cm³/mol. The largest absolute Gasteiger partial charge is 0.333 e. The molecule has 0 fully saturated rings. The zero-order valence-corrected chi connectivity index (χ0v) is 39.8. The van der Waals surface area contributed by atoms with Crippen molar-refractivity contribution >= 4 is 88.3 Å². The van der Waals surface area contributed by atoms with Gasteiger partial charge in [0.05, 0.1) is 17.3 Å². The second kappa shape index (κ2) is 16.9. The quantitative estimate of drug-likeness (QED) is 0.153. The Kier molecular flexibility index (Phi) is 10.0. The first-order chi connectivity index (χ1) is 34.2. The van der Waals surface area contributed by atoms with Crippen molar-refractivity contribution in [3.63, 3.8) is 0 Å². The van der Waals surface area contributed by atoms with Gasteiger partial charge in [-0.1, -0.05) is 97.2 Å². The van der Waals surface area contributed by atoms with E-state index in [-0.39, 0.29) is 5.92 Å². The van der Waals surface area contributed by atoms with Crippen molar-refractivity contribution in [1.82, 2.24) is 9.13 Å². The number of aliphatic imine (C=N–C) groups is 2. The Morgan fingerprint density at radius 3 is 2.19 bits per heavy atom. The van der Waals surface area contributed by atoms with Crippen LogP contribution in [0.15, 0.2) is 190 Å². The van der Waals surface area contributed by atoms with Gasteiger partial charge in [0.1, 0.15) is 0 Å². The number of fused-ring (bicyclic) bond motifs is 9. The lowest BCUT2D eigenvalue weighted by molar-refractivity contribution is 0.613. The van der Waals surface area contributed by atoms with Gasteiger partial charge in [0.25, 0.3) is 0 Å². The Morgan fingerprint density at radius 1 is 0.565 bits per heavy atom. The smallest absolute Gasteiger partial charge is 0.0657 e. The first kappa shape index (κ1) is 40.9. The minimum absolute atomic E-state index is 0.284. The molecule has 0 N–H and O–H groups in total. The van der Waals surface area contributed by atoms with Gasteiger partial charge < -0.3 is 9.13 Å². The van der Waals surface area contributed by atoms with Gasteiger partial charge in [-0.05, 0) is 176 Å². The van der Waals surface area contributed by atoms with E-state index in [1.54, 1.807) is 0 Å². The Hall–Kier alpha value is -7.08. The number of thiophene rings is 1. The molecule has 0 bridgehead atoms. The summed E-state index contributed by atoms with van der Waals surface area (Å²) >= 11 is 1.90. The van der Waals surface area contributed by atoms with Crippen molar-refractivity contribution in [2.75, 3.05) is 0 Å². The molecule has 0 saturated carbocycles. The van der Waals surface area contributed by atoms with Crippen LogP contribution in [0.5, 0.6) is 0 Å². The molecule has 3 atom stereocenters. The molecule has 0 spiro atoms. The topological polar surface area (TPSA) is 34.6 Å². The minimum atomic E-state index is 0.284. The molecule has 5 aromatic carbocycles. The predicted octanol–water partition coefficient (Wildman–Crippen LogP) is 17.3. The van der Waals surface area contributed by atoms with Crippen LogP contribution in [0.1, 0.15) is 87.1 Å². The van der Waals surface area contributed by atoms with E-state index >= 15 is 0 Å². The number of rotatable bonds is 7. The fraction of sp³-hybridized carbons (Fsp3) is 0.219. The molecule has 6 aliphatic rings. The fourth-order valence-corrected chi connectivity index (χ4v) is 13.6. The van der Waals surface area contributed by atoms with E-state index in [1.807, 2.05) is 11.3 Å². The highest BCUT2D eigenvalue weighted by Gasteiger charge is 2.30. The first-order valence-electron chi connectivity index (χ1n) is 25.5. The lowest BCUT2D eigenvalue weighted by atomic mass is 9.79. The van der Waals surface area contributed by atoms with E-state index in [4.69, 9.17) is 9.98 Å². The summed E-state index contributed by atoms with van der Waals surface area (Å²) in [5, 5.41) is 6.62. The van der Waals surface area contributed by atoms with Crippen molar-refractivity contribution in [2.45, 2.75) is 76.7 Å². The second-order valence-corrected chi connectivity index (χ2v) is 20.9. The summed E-state index contributed by atoms with van der Waals surface area (Å²) in [5.74, 6) is 0.632. The minimum Gasteiger partial charge on any atom is -0.333 e. The summed E-state index contributed by atoms with van der Waals surface area (Å²) in [5.41, 5.74) is 18.3. The summed E-state index contributed by atoms with van der Waals surface area (Å²) < 4.78 is 7.74. The van der Waals surface area contributed by atoms with Crippen LogP contribution in [-0.2, 0) is 6.42 Å². The van der Waals surface area contributed by atoms with Crippen molar-refractivity contribution < 1.29 is 0 Å². The molecule has 8 aromatic rings. The Labute approximate surface area is 407 Å². The maximum absolute atomic E-state index is 4.97. The maximum Gasteiger partial charge on any atom is 0.0657 e. The molecule has 69 heavy (non-hydrogen) atoms. The summed E-state index contributed by atoms with van der Waals surface area (Å²) in [6, 6.07) is 38.0. The van der Waals surface area contributed by atoms with E-state index in [0.29, 0.717) is 12.0 Å². The highest BCUT2D eigenvalue weighted by Crippen LogP contribution is 2.46. The number of hydrogen-bond acceptors (Lipinski definition) is 3. The molecule has 5 heterocycles. The molecule has 5 heteroatoms. The van der Waals surface area contributed by atoms with E-state index in [9.17, 15) is 0 Å². The van der Waals surface area contributed by atoms with Crippen LogP contribution in [0, 0.1) is 11.8 Å². The average Bonchev–Trinajstić information content (AvgIpc) is 4.08. The van der Waals surface area contributed by atoms with Crippen LogP contribution in [0.3, 0.4) is 0 Å². The Morgan fingerprint density at radius 2 is 1.32 bits per heavy atom. The molecule has 0 radical (unpaired) electrons. The number of para-hydroxylation sites is 1. The fourth-order valence-electron chi connectivity index (χ4n) is 12.6. The van der Waals surface area contributed by atoms with Gasteiger partial charge in [0.2, 0.25) is 0 Å². The van der Waals surface area contributed by atoms with Gasteiger partial charge in [-0.2, -0.15) is 0 Å². The van der Waals surface area contributed by atoms with Crippen LogP contribution in [-0.4, -0.2) is 21.6 Å². The molecule has 3 unspecified atom stereocenters. The lowest BCUT2D eigenvalue weighted by Gasteiger charge is -2.27. The van der Waals surface area contributed by atoms with Crippen molar-refractivity contribution in [3.05, 3.63) is 197 Å². The summed E-state index contributed by atoms with van der Waals surface area (Å²) in [6.45, 7) is 0. The summed E-state index contributed by atoms with van der Waals surface area (Å²) in [6.07, 6.45) is 42.2. The zero-order valence-electron chi connectivity index (χ0n) is 39.0. The third-order valence-electron chi connectivity index (χ3n) is 15.8. The maximum atomic E-state index is 4.97. The van der Waals surface area contributed by atoms with Crippen molar-refractivity contribution in [2.24, 2.45) is 21.8 Å². The molecule has 4 aliphatic carbocycles. The number of aromatic nitrogens is 2. The van der Waals surface area contributed by atoms with Gasteiger partial charge in [0.15, 0.2) is 0 Å². The number of allylic oxidation sites excluding steroid dienone is 12. The van der Waals surface area contributed by atoms with Gasteiger partial charge in [-0.15, -0.1) is 11.3 Å². The highest BCUT2D eigenvalue weighted by atomic mass is 32.1. The molecule has 14 rings (SSSR count). The molecule has 4 nitrogen and oxygen atoms in total. The van der Waals surface area contributed by atoms with Crippen molar-refractivity contribution in [3.8, 4) is 16.8 Å². The van der Waals surface area contributed by atoms with Crippen LogP contribution in [0.4, 0.5) is 0 Å². The first-order valence-corrected chi connectivity index (χ1v) is 26.3. The van der Waals surface area contributed by atoms with Gasteiger partial charge in [-0.3, -0.25) is 9.98 Å². The molecule has 2 aliphatic heterocycles. The van der Waals surface area contributed by atoms with Crippen LogP contribution in [0.25, 0.3) is 81.3 Å². The summed E-state index contributed by atoms with van der Waals surface area (Å²) in [4.78, 5) is 9.89. The number of nitrogens with zero attached hydrogens (tertiary/aromatic N) is 4. The molecular weight excluding hydrogens is 857 g/mol. The normalized spacial score (nSPS) is 21.3. The standard InChI is InChI=1S/C64H54N4S/c1-2-14-45(15-3-1)67-59-23-9-8-20-51(59)52-36-41(24-29-60(52)67)42-27-32-63-55(37-42)56-40-46(28-33-64(56)69-63)68-61-30-25-43(47-16-4-6-18-49(47)57-21-10-12-34-65-57)38-53(61)54-39-44(26-31-62(54)68)48-17-5-7-19-50(48)58-22-11-13-35-66-58/h1-3,8-9,14,16-18,20-37,39-40,43,45,50H,4-7,10-13,15,19,38H2. The van der Waals surface area contributed by atoms with Gasteiger partial charge in [-0.25, -0.2) is 0 Å². The van der Waals surface area contributed by atoms with E-state index < -0.39 is 0 Å². The van der Waals surface area contributed by atoms with Crippen LogP contribution in [0.2, 0.25) is 0 Å². The van der Waals surface area contributed by atoms with Crippen LogP contribution < -0.4 is 0 Å². The zero-order chi connectivity index (χ0) is 45.4. The Balaban J connectivity index is 0.892. The van der Waals surface area contributed by atoms with Crippen molar-refractivity contribution in [1.29, 1.82) is 0 Å². The molecule has 3 aromatic heterocycles.